The molecule has 0 aliphatic rings. The Morgan fingerprint density at radius 1 is 1.10 bits per heavy atom. The van der Waals surface area contributed by atoms with Gasteiger partial charge in [0.05, 0.1) is 18.0 Å². The molecule has 8 heteroatoms. The summed E-state index contributed by atoms with van der Waals surface area (Å²) in [7, 11) is -1.95. The van der Waals surface area contributed by atoms with Crippen molar-refractivity contribution in [1.82, 2.24) is 10.0 Å². The molecular formula is C21H28N2O5S. The molecule has 0 radical (unpaired) electrons. The quantitative estimate of drug-likeness (QED) is 0.545. The predicted octanol–water partition coefficient (Wildman–Crippen LogP) is 3.03. The molecule has 2 N–H and O–H groups in total. The average Bonchev–Trinajstić information content (AvgIpc) is 2.72. The minimum absolute atomic E-state index is 0.162. The number of hydrogen-bond donors (Lipinski definition) is 2. The number of methoxy groups -OCH3 is 1. The van der Waals surface area contributed by atoms with Gasteiger partial charge < -0.3 is 14.8 Å². The van der Waals surface area contributed by atoms with Gasteiger partial charge in [-0.3, -0.25) is 4.79 Å². The van der Waals surface area contributed by atoms with Crippen molar-refractivity contribution in [3.8, 4) is 11.5 Å². The zero-order chi connectivity index (χ0) is 21.3. The summed E-state index contributed by atoms with van der Waals surface area (Å²) in [5.74, 6) is 0.824. The number of ether oxygens (including phenoxy) is 2. The van der Waals surface area contributed by atoms with E-state index < -0.39 is 10.0 Å². The largest absolute Gasteiger partial charge is 0.496 e. The van der Waals surface area contributed by atoms with Crippen molar-refractivity contribution in [1.29, 1.82) is 0 Å². The van der Waals surface area contributed by atoms with Gasteiger partial charge in [-0.15, -0.1) is 0 Å². The van der Waals surface area contributed by atoms with Crippen LogP contribution in [0.25, 0.3) is 0 Å². The lowest BCUT2D eigenvalue weighted by Crippen LogP contribution is -2.31. The smallest absolute Gasteiger partial charge is 0.258 e. The van der Waals surface area contributed by atoms with Gasteiger partial charge in [0.25, 0.3) is 5.91 Å². The molecular weight excluding hydrogens is 392 g/mol. The first-order chi connectivity index (χ1) is 13.9. The molecule has 0 spiro atoms. The van der Waals surface area contributed by atoms with Gasteiger partial charge in [0.2, 0.25) is 10.0 Å². The highest BCUT2D eigenvalue weighted by atomic mass is 32.2. The Morgan fingerprint density at radius 3 is 2.45 bits per heavy atom. The molecule has 0 bridgehead atoms. The monoisotopic (exact) mass is 420 g/mol. The topological polar surface area (TPSA) is 93.7 Å². The van der Waals surface area contributed by atoms with E-state index in [0.29, 0.717) is 18.0 Å². The summed E-state index contributed by atoms with van der Waals surface area (Å²) >= 11 is 0. The number of sulfonamides is 1. The molecule has 0 aromatic heterocycles. The molecule has 7 nitrogen and oxygen atoms in total. The van der Waals surface area contributed by atoms with E-state index in [0.717, 1.165) is 18.4 Å². The molecule has 1 amide bonds. The van der Waals surface area contributed by atoms with Crippen molar-refractivity contribution in [2.75, 3.05) is 20.3 Å². The van der Waals surface area contributed by atoms with E-state index in [9.17, 15) is 13.2 Å². The fourth-order valence-electron chi connectivity index (χ4n) is 2.72. The average molecular weight is 421 g/mol. The van der Waals surface area contributed by atoms with Gasteiger partial charge in [0.15, 0.2) is 6.61 Å². The van der Waals surface area contributed by atoms with E-state index >= 15 is 0 Å². The van der Waals surface area contributed by atoms with Gasteiger partial charge in [0.1, 0.15) is 11.5 Å². The first-order valence-electron chi connectivity index (χ1n) is 9.52. The van der Waals surface area contributed by atoms with Crippen molar-refractivity contribution < 1.29 is 22.7 Å². The number of nitrogens with one attached hydrogen (secondary N) is 2. The van der Waals surface area contributed by atoms with E-state index in [1.165, 1.54) is 24.3 Å². The second-order valence-corrected chi connectivity index (χ2v) is 8.31. The van der Waals surface area contributed by atoms with Gasteiger partial charge in [0, 0.05) is 12.1 Å². The molecule has 0 saturated heterocycles. The predicted molar refractivity (Wildman–Crippen MR) is 112 cm³/mol. The minimum atomic E-state index is -3.53. The zero-order valence-electron chi connectivity index (χ0n) is 17.0. The lowest BCUT2D eigenvalue weighted by atomic mass is 10.1. The van der Waals surface area contributed by atoms with Crippen LogP contribution in [0.3, 0.4) is 0 Å². The molecule has 0 aliphatic heterocycles. The van der Waals surface area contributed by atoms with Crippen molar-refractivity contribution in [2.45, 2.75) is 37.6 Å². The van der Waals surface area contributed by atoms with Crippen LogP contribution >= 0.6 is 0 Å². The Labute approximate surface area is 172 Å². The third kappa shape index (κ3) is 6.76. The number of amides is 1. The van der Waals surface area contributed by atoms with Crippen molar-refractivity contribution >= 4 is 15.9 Å². The van der Waals surface area contributed by atoms with Crippen LogP contribution in [0.15, 0.2) is 53.4 Å². The highest BCUT2D eigenvalue weighted by Gasteiger charge is 2.15. The summed E-state index contributed by atoms with van der Waals surface area (Å²) in [6.07, 6.45) is 1.69. The summed E-state index contributed by atoms with van der Waals surface area (Å²) in [5.41, 5.74) is 0.869. The lowest BCUT2D eigenvalue weighted by molar-refractivity contribution is -0.123. The van der Waals surface area contributed by atoms with Crippen molar-refractivity contribution in [2.24, 2.45) is 0 Å². The number of benzene rings is 2. The standard InChI is InChI=1S/C21H28N2O5S/c1-4-5-14-22-29(25,26)18-12-10-17(11-13-18)28-15-21(24)23-16(2)19-8-6-7-9-20(19)27-3/h6-13,16,22H,4-5,14-15H2,1-3H3,(H,23,24)/t16-/m1/s1. The molecule has 0 heterocycles. The molecule has 2 aromatic rings. The maximum absolute atomic E-state index is 12.2. The first-order valence-corrected chi connectivity index (χ1v) is 11.0. The second kappa shape index (κ2) is 10.8. The minimum Gasteiger partial charge on any atom is -0.496 e. The Morgan fingerprint density at radius 2 is 1.79 bits per heavy atom. The number of rotatable bonds is 11. The zero-order valence-corrected chi connectivity index (χ0v) is 17.8. The molecule has 0 fully saturated rings. The SMILES string of the molecule is CCCCNS(=O)(=O)c1ccc(OCC(=O)N[C@H](C)c2ccccc2OC)cc1. The van der Waals surface area contributed by atoms with Crippen LogP contribution in [0.5, 0.6) is 11.5 Å². The van der Waals surface area contributed by atoms with Gasteiger partial charge in [-0.05, 0) is 43.7 Å². The summed E-state index contributed by atoms with van der Waals surface area (Å²) in [6.45, 7) is 4.08. The molecule has 2 rings (SSSR count). The van der Waals surface area contributed by atoms with Gasteiger partial charge >= 0.3 is 0 Å². The molecule has 0 aliphatic carbocycles. The Bertz CT molecular complexity index is 898. The number of carbonyl (C=O) groups excluding carboxylic acids is 1. The number of unbranched alkanes of at least 4 members (excludes halogenated alkanes) is 1. The summed E-state index contributed by atoms with van der Waals surface area (Å²) < 4.78 is 37.7. The maximum atomic E-state index is 12.2. The third-order valence-corrected chi connectivity index (χ3v) is 5.79. The Kier molecular flexibility index (Phi) is 8.48. The fraction of sp³-hybridized carbons (Fsp3) is 0.381. The van der Waals surface area contributed by atoms with Crippen molar-refractivity contribution in [3.05, 3.63) is 54.1 Å². The van der Waals surface area contributed by atoms with E-state index in [-0.39, 0.29) is 23.5 Å². The normalized spacial score (nSPS) is 12.2. The van der Waals surface area contributed by atoms with E-state index in [4.69, 9.17) is 9.47 Å². The molecule has 1 atom stereocenters. The summed E-state index contributed by atoms with van der Waals surface area (Å²) in [4.78, 5) is 12.4. The van der Waals surface area contributed by atoms with Crippen LogP contribution in [0, 0.1) is 0 Å². The maximum Gasteiger partial charge on any atom is 0.258 e. The van der Waals surface area contributed by atoms with Crippen LogP contribution in [-0.4, -0.2) is 34.6 Å². The number of hydrogen-bond acceptors (Lipinski definition) is 5. The van der Waals surface area contributed by atoms with Crippen LogP contribution in [0.1, 0.15) is 38.3 Å². The number of para-hydroxylation sites is 1. The Hall–Kier alpha value is -2.58. The van der Waals surface area contributed by atoms with Gasteiger partial charge in [-0.25, -0.2) is 13.1 Å². The molecule has 29 heavy (non-hydrogen) atoms. The molecule has 158 valence electrons. The molecule has 0 unspecified atom stereocenters. The van der Waals surface area contributed by atoms with Crippen LogP contribution in [0.4, 0.5) is 0 Å². The van der Waals surface area contributed by atoms with Crippen molar-refractivity contribution in [3.63, 3.8) is 0 Å². The fourth-order valence-corrected chi connectivity index (χ4v) is 3.79. The van der Waals surface area contributed by atoms with Crippen LogP contribution in [0.2, 0.25) is 0 Å². The third-order valence-electron chi connectivity index (χ3n) is 4.31. The van der Waals surface area contributed by atoms with Gasteiger partial charge in [-0.1, -0.05) is 31.5 Å². The van der Waals surface area contributed by atoms with Gasteiger partial charge in [-0.2, -0.15) is 0 Å². The van der Waals surface area contributed by atoms with Crippen LogP contribution in [-0.2, 0) is 14.8 Å². The highest BCUT2D eigenvalue weighted by Crippen LogP contribution is 2.24. The number of carbonyl (C=O) groups is 1. The van der Waals surface area contributed by atoms with E-state index in [1.807, 2.05) is 38.1 Å². The van der Waals surface area contributed by atoms with E-state index in [2.05, 4.69) is 10.0 Å². The second-order valence-electron chi connectivity index (χ2n) is 6.54. The van der Waals surface area contributed by atoms with E-state index in [1.54, 1.807) is 7.11 Å². The first kappa shape index (κ1) is 22.7. The summed E-state index contributed by atoms with van der Waals surface area (Å²) in [5, 5.41) is 2.86. The Balaban J connectivity index is 1.88. The molecule has 2 aromatic carbocycles. The molecule has 0 saturated carbocycles. The highest BCUT2D eigenvalue weighted by molar-refractivity contribution is 7.89. The van der Waals surface area contributed by atoms with Crippen LogP contribution < -0.4 is 19.5 Å². The lowest BCUT2D eigenvalue weighted by Gasteiger charge is -2.17. The summed E-state index contributed by atoms with van der Waals surface area (Å²) in [6, 6.07) is 13.2.